The SMILES string of the molecule is CCOc1ccccc1C(C)N[C@@H](C)c1ccccc1. The zero-order valence-corrected chi connectivity index (χ0v) is 12.5. The maximum absolute atomic E-state index is 5.71. The number of hydrogen-bond donors (Lipinski definition) is 1. The van der Waals surface area contributed by atoms with Crippen LogP contribution in [0.25, 0.3) is 0 Å². The lowest BCUT2D eigenvalue weighted by atomic mass is 10.0. The standard InChI is InChI=1S/C18H23NO/c1-4-20-18-13-9-8-12-17(18)15(3)19-14(2)16-10-6-5-7-11-16/h5-15,19H,4H2,1-3H3/t14-,15?/m0/s1. The van der Waals surface area contributed by atoms with Crippen LogP contribution in [0.1, 0.15) is 44.0 Å². The van der Waals surface area contributed by atoms with Crippen LogP contribution in [0.15, 0.2) is 54.6 Å². The van der Waals surface area contributed by atoms with Crippen LogP contribution in [-0.2, 0) is 0 Å². The predicted molar refractivity (Wildman–Crippen MR) is 84.0 cm³/mol. The first-order valence-corrected chi connectivity index (χ1v) is 7.25. The molecule has 2 rings (SSSR count). The van der Waals surface area contributed by atoms with Crippen molar-refractivity contribution < 1.29 is 4.74 Å². The van der Waals surface area contributed by atoms with Gasteiger partial charge in [-0.1, -0.05) is 48.5 Å². The summed E-state index contributed by atoms with van der Waals surface area (Å²) in [5.74, 6) is 0.968. The maximum Gasteiger partial charge on any atom is 0.124 e. The van der Waals surface area contributed by atoms with Crippen molar-refractivity contribution in [2.75, 3.05) is 6.61 Å². The van der Waals surface area contributed by atoms with Crippen molar-refractivity contribution in [1.82, 2.24) is 5.32 Å². The fourth-order valence-corrected chi connectivity index (χ4v) is 2.43. The minimum absolute atomic E-state index is 0.243. The van der Waals surface area contributed by atoms with Crippen molar-refractivity contribution in [3.8, 4) is 5.75 Å². The third-order valence-corrected chi connectivity index (χ3v) is 3.48. The lowest BCUT2D eigenvalue weighted by Crippen LogP contribution is -2.23. The molecular weight excluding hydrogens is 246 g/mol. The maximum atomic E-state index is 5.71. The Labute approximate surface area is 121 Å². The average molecular weight is 269 g/mol. The normalized spacial score (nSPS) is 13.8. The summed E-state index contributed by atoms with van der Waals surface area (Å²) in [6.07, 6.45) is 0. The lowest BCUT2D eigenvalue weighted by molar-refractivity contribution is 0.331. The van der Waals surface area contributed by atoms with Gasteiger partial charge in [0.1, 0.15) is 5.75 Å². The smallest absolute Gasteiger partial charge is 0.124 e. The second kappa shape index (κ2) is 7.11. The van der Waals surface area contributed by atoms with Gasteiger partial charge in [-0.3, -0.25) is 0 Å². The molecule has 106 valence electrons. The van der Waals surface area contributed by atoms with Gasteiger partial charge in [0.25, 0.3) is 0 Å². The van der Waals surface area contributed by atoms with Gasteiger partial charge in [-0.15, -0.1) is 0 Å². The quantitative estimate of drug-likeness (QED) is 0.834. The van der Waals surface area contributed by atoms with E-state index in [1.807, 2.05) is 25.1 Å². The third-order valence-electron chi connectivity index (χ3n) is 3.48. The molecule has 2 atom stereocenters. The lowest BCUT2D eigenvalue weighted by Gasteiger charge is -2.22. The molecule has 0 amide bonds. The first-order valence-electron chi connectivity index (χ1n) is 7.25. The van der Waals surface area contributed by atoms with Crippen LogP contribution in [0.2, 0.25) is 0 Å². The third kappa shape index (κ3) is 3.61. The molecule has 0 radical (unpaired) electrons. The Bertz CT molecular complexity index is 524. The van der Waals surface area contributed by atoms with E-state index in [0.29, 0.717) is 12.6 Å². The molecular formula is C18H23NO. The van der Waals surface area contributed by atoms with Crippen molar-refractivity contribution in [2.24, 2.45) is 0 Å². The summed E-state index contributed by atoms with van der Waals surface area (Å²) in [6, 6.07) is 19.3. The van der Waals surface area contributed by atoms with Gasteiger partial charge in [0, 0.05) is 17.6 Å². The van der Waals surface area contributed by atoms with Crippen LogP contribution in [0.4, 0.5) is 0 Å². The van der Waals surface area contributed by atoms with Crippen molar-refractivity contribution >= 4 is 0 Å². The highest BCUT2D eigenvalue weighted by molar-refractivity contribution is 5.36. The number of rotatable bonds is 6. The summed E-state index contributed by atoms with van der Waals surface area (Å²) in [4.78, 5) is 0. The molecule has 1 N–H and O–H groups in total. The number of benzene rings is 2. The minimum atomic E-state index is 0.243. The van der Waals surface area contributed by atoms with Gasteiger partial charge in [0.2, 0.25) is 0 Å². The highest BCUT2D eigenvalue weighted by Crippen LogP contribution is 2.27. The van der Waals surface area contributed by atoms with E-state index < -0.39 is 0 Å². The highest BCUT2D eigenvalue weighted by Gasteiger charge is 2.14. The summed E-state index contributed by atoms with van der Waals surface area (Å²) in [6.45, 7) is 7.08. The van der Waals surface area contributed by atoms with Crippen LogP contribution in [-0.4, -0.2) is 6.61 Å². The first kappa shape index (κ1) is 14.6. The fourth-order valence-electron chi connectivity index (χ4n) is 2.43. The van der Waals surface area contributed by atoms with Crippen molar-refractivity contribution in [3.05, 3.63) is 65.7 Å². The van der Waals surface area contributed by atoms with E-state index in [1.54, 1.807) is 0 Å². The molecule has 0 aliphatic rings. The van der Waals surface area contributed by atoms with Crippen LogP contribution < -0.4 is 10.1 Å². The molecule has 2 nitrogen and oxygen atoms in total. The average Bonchev–Trinajstić information content (AvgIpc) is 2.49. The van der Waals surface area contributed by atoms with Crippen molar-refractivity contribution in [3.63, 3.8) is 0 Å². The number of hydrogen-bond acceptors (Lipinski definition) is 2. The van der Waals surface area contributed by atoms with Gasteiger partial charge in [-0.05, 0) is 32.4 Å². The molecule has 0 aliphatic carbocycles. The van der Waals surface area contributed by atoms with Crippen molar-refractivity contribution in [1.29, 1.82) is 0 Å². The second-order valence-electron chi connectivity index (χ2n) is 4.99. The summed E-state index contributed by atoms with van der Waals surface area (Å²) < 4.78 is 5.71. The summed E-state index contributed by atoms with van der Waals surface area (Å²) >= 11 is 0. The van der Waals surface area contributed by atoms with Crippen LogP contribution in [0.5, 0.6) is 5.75 Å². The number of nitrogens with one attached hydrogen (secondary N) is 1. The largest absolute Gasteiger partial charge is 0.494 e. The Morgan fingerprint density at radius 1 is 0.900 bits per heavy atom. The number of ether oxygens (including phenoxy) is 1. The Balaban J connectivity index is 2.10. The van der Waals surface area contributed by atoms with Crippen LogP contribution in [0, 0.1) is 0 Å². The second-order valence-corrected chi connectivity index (χ2v) is 4.99. The zero-order valence-electron chi connectivity index (χ0n) is 12.5. The molecule has 0 heterocycles. The van der Waals surface area contributed by atoms with E-state index in [4.69, 9.17) is 4.74 Å². The van der Waals surface area contributed by atoms with Gasteiger partial charge in [0.05, 0.1) is 6.61 Å². The molecule has 0 bridgehead atoms. The highest BCUT2D eigenvalue weighted by atomic mass is 16.5. The fraction of sp³-hybridized carbons (Fsp3) is 0.333. The molecule has 0 aliphatic heterocycles. The zero-order chi connectivity index (χ0) is 14.4. The molecule has 2 aromatic rings. The van der Waals surface area contributed by atoms with Crippen LogP contribution >= 0.6 is 0 Å². The summed E-state index contributed by atoms with van der Waals surface area (Å²) in [5, 5.41) is 3.63. The van der Waals surface area contributed by atoms with Gasteiger partial charge in [-0.25, -0.2) is 0 Å². The molecule has 0 aromatic heterocycles. The van der Waals surface area contributed by atoms with Gasteiger partial charge in [-0.2, -0.15) is 0 Å². The Morgan fingerprint density at radius 2 is 1.55 bits per heavy atom. The molecule has 20 heavy (non-hydrogen) atoms. The van der Waals surface area contributed by atoms with E-state index >= 15 is 0 Å². The minimum Gasteiger partial charge on any atom is -0.494 e. The topological polar surface area (TPSA) is 21.3 Å². The van der Waals surface area contributed by atoms with E-state index in [-0.39, 0.29) is 6.04 Å². The van der Waals surface area contributed by atoms with Crippen LogP contribution in [0.3, 0.4) is 0 Å². The van der Waals surface area contributed by atoms with Gasteiger partial charge < -0.3 is 10.1 Å². The first-order chi connectivity index (χ1) is 9.72. The van der Waals surface area contributed by atoms with E-state index in [9.17, 15) is 0 Å². The Morgan fingerprint density at radius 3 is 2.25 bits per heavy atom. The monoisotopic (exact) mass is 269 g/mol. The van der Waals surface area contributed by atoms with E-state index in [0.717, 1.165) is 5.75 Å². The van der Waals surface area contributed by atoms with E-state index in [2.05, 4.69) is 55.6 Å². The van der Waals surface area contributed by atoms with Crippen molar-refractivity contribution in [2.45, 2.75) is 32.9 Å². The Hall–Kier alpha value is -1.80. The Kier molecular flexibility index (Phi) is 5.19. The molecule has 2 aromatic carbocycles. The molecule has 0 saturated carbocycles. The summed E-state index contributed by atoms with van der Waals surface area (Å²) in [7, 11) is 0. The predicted octanol–water partition coefficient (Wildman–Crippen LogP) is 4.50. The molecule has 2 heteroatoms. The number of para-hydroxylation sites is 1. The summed E-state index contributed by atoms with van der Waals surface area (Å²) in [5.41, 5.74) is 2.50. The van der Waals surface area contributed by atoms with Gasteiger partial charge >= 0.3 is 0 Å². The molecule has 1 unspecified atom stereocenters. The van der Waals surface area contributed by atoms with Gasteiger partial charge in [0.15, 0.2) is 0 Å². The molecule has 0 spiro atoms. The van der Waals surface area contributed by atoms with E-state index in [1.165, 1.54) is 11.1 Å². The molecule has 0 fully saturated rings. The molecule has 0 saturated heterocycles.